The first-order valence-corrected chi connectivity index (χ1v) is 7.86. The van der Waals surface area contributed by atoms with E-state index in [-0.39, 0.29) is 17.2 Å². The standard InChI is InChI=1S/C15H19F2NO3S/c1-4-6-13(15(20)21-5-2)22-14-8-12(18-9(3)19)10(16)7-11(14)17/h7-8,13H,4-6H2,1-3H3,(H,18,19). The van der Waals surface area contributed by atoms with Crippen LogP contribution in [0.3, 0.4) is 0 Å². The summed E-state index contributed by atoms with van der Waals surface area (Å²) in [6.45, 7) is 5.06. The predicted octanol–water partition coefficient (Wildman–Crippen LogP) is 3.75. The van der Waals surface area contributed by atoms with E-state index in [2.05, 4.69) is 5.32 Å². The molecule has 0 fully saturated rings. The molecule has 1 N–H and O–H groups in total. The molecule has 0 saturated carbocycles. The second kappa shape index (κ2) is 8.73. The highest BCUT2D eigenvalue weighted by Gasteiger charge is 2.23. The zero-order chi connectivity index (χ0) is 16.7. The quantitative estimate of drug-likeness (QED) is 0.611. The van der Waals surface area contributed by atoms with Crippen molar-refractivity contribution < 1.29 is 23.1 Å². The molecule has 0 aliphatic carbocycles. The Kier molecular flexibility index (Phi) is 7.31. The highest BCUT2D eigenvalue weighted by atomic mass is 32.2. The number of hydrogen-bond donors (Lipinski definition) is 1. The Morgan fingerprint density at radius 1 is 1.27 bits per heavy atom. The summed E-state index contributed by atoms with van der Waals surface area (Å²) < 4.78 is 32.5. The number of carbonyl (C=O) groups excluding carboxylic acids is 2. The largest absolute Gasteiger partial charge is 0.465 e. The van der Waals surface area contributed by atoms with Gasteiger partial charge in [0, 0.05) is 17.9 Å². The van der Waals surface area contributed by atoms with Crippen LogP contribution in [0.15, 0.2) is 17.0 Å². The van der Waals surface area contributed by atoms with Crippen molar-refractivity contribution in [2.45, 2.75) is 43.8 Å². The molecule has 0 bridgehead atoms. The van der Waals surface area contributed by atoms with Gasteiger partial charge in [-0.05, 0) is 19.4 Å². The van der Waals surface area contributed by atoms with Crippen molar-refractivity contribution in [2.24, 2.45) is 0 Å². The molecule has 1 unspecified atom stereocenters. The van der Waals surface area contributed by atoms with Crippen LogP contribution in [0, 0.1) is 11.6 Å². The van der Waals surface area contributed by atoms with Gasteiger partial charge in [0.1, 0.15) is 16.9 Å². The first-order chi connectivity index (χ1) is 10.4. The van der Waals surface area contributed by atoms with Gasteiger partial charge in [-0.3, -0.25) is 9.59 Å². The number of esters is 1. The van der Waals surface area contributed by atoms with E-state index in [9.17, 15) is 18.4 Å². The van der Waals surface area contributed by atoms with E-state index >= 15 is 0 Å². The maximum atomic E-state index is 13.9. The number of ether oxygens (including phenoxy) is 1. The predicted molar refractivity (Wildman–Crippen MR) is 81.8 cm³/mol. The van der Waals surface area contributed by atoms with Crippen LogP contribution in [0.5, 0.6) is 0 Å². The minimum Gasteiger partial charge on any atom is -0.465 e. The fourth-order valence-corrected chi connectivity index (χ4v) is 2.96. The lowest BCUT2D eigenvalue weighted by Gasteiger charge is -2.15. The number of rotatable bonds is 7. The topological polar surface area (TPSA) is 55.4 Å². The molecule has 1 aromatic rings. The fourth-order valence-electron chi connectivity index (χ4n) is 1.78. The van der Waals surface area contributed by atoms with Gasteiger partial charge >= 0.3 is 5.97 Å². The summed E-state index contributed by atoms with van der Waals surface area (Å²) in [5.41, 5.74) is -0.115. The summed E-state index contributed by atoms with van der Waals surface area (Å²) in [7, 11) is 0. The number of halogens is 2. The number of hydrogen-bond acceptors (Lipinski definition) is 4. The summed E-state index contributed by atoms with van der Waals surface area (Å²) in [6.07, 6.45) is 1.23. The number of nitrogens with one attached hydrogen (secondary N) is 1. The minimum atomic E-state index is -0.861. The molecular weight excluding hydrogens is 312 g/mol. The number of amides is 1. The van der Waals surface area contributed by atoms with E-state index in [1.165, 1.54) is 13.0 Å². The molecule has 0 heterocycles. The number of benzene rings is 1. The number of carbonyl (C=O) groups is 2. The second-order valence-electron chi connectivity index (χ2n) is 4.59. The lowest BCUT2D eigenvalue weighted by atomic mass is 10.2. The maximum Gasteiger partial charge on any atom is 0.319 e. The zero-order valence-corrected chi connectivity index (χ0v) is 13.6. The second-order valence-corrected chi connectivity index (χ2v) is 5.84. The Hall–Kier alpha value is -1.63. The third-order valence-corrected chi connectivity index (χ3v) is 3.98. The van der Waals surface area contributed by atoms with Crippen LogP contribution in [0.2, 0.25) is 0 Å². The van der Waals surface area contributed by atoms with Crippen LogP contribution in [-0.4, -0.2) is 23.7 Å². The monoisotopic (exact) mass is 331 g/mol. The molecule has 1 aromatic carbocycles. The van der Waals surface area contributed by atoms with Crippen molar-refractivity contribution in [2.75, 3.05) is 11.9 Å². The molecular formula is C15H19F2NO3S. The van der Waals surface area contributed by atoms with Crippen molar-refractivity contribution in [1.29, 1.82) is 0 Å². The first kappa shape index (κ1) is 18.4. The summed E-state index contributed by atoms with van der Waals surface area (Å²) in [5.74, 6) is -2.53. The van der Waals surface area contributed by atoms with Gasteiger partial charge in [-0.25, -0.2) is 8.78 Å². The summed E-state index contributed by atoms with van der Waals surface area (Å²) in [4.78, 5) is 23.0. The third kappa shape index (κ3) is 5.29. The van der Waals surface area contributed by atoms with E-state index in [1.54, 1.807) is 6.92 Å². The molecule has 1 rings (SSSR count). The third-order valence-electron chi connectivity index (χ3n) is 2.70. The Bertz CT molecular complexity index is 552. The molecule has 0 aliphatic rings. The van der Waals surface area contributed by atoms with Crippen molar-refractivity contribution in [1.82, 2.24) is 0 Å². The van der Waals surface area contributed by atoms with Gasteiger partial charge in [0.05, 0.1) is 12.3 Å². The van der Waals surface area contributed by atoms with Crippen LogP contribution in [-0.2, 0) is 14.3 Å². The minimum absolute atomic E-state index is 0.0941. The molecule has 0 saturated heterocycles. The molecule has 0 spiro atoms. The molecule has 1 amide bonds. The van der Waals surface area contributed by atoms with Crippen LogP contribution in [0.4, 0.5) is 14.5 Å². The normalized spacial score (nSPS) is 11.9. The average Bonchev–Trinajstić information content (AvgIpc) is 2.43. The van der Waals surface area contributed by atoms with Gasteiger partial charge in [0.15, 0.2) is 0 Å². The smallest absolute Gasteiger partial charge is 0.319 e. The SMILES string of the molecule is CCCC(Sc1cc(NC(C)=O)c(F)cc1F)C(=O)OCC. The summed E-state index contributed by atoms with van der Waals surface area (Å²) in [6, 6.07) is 1.89. The summed E-state index contributed by atoms with van der Waals surface area (Å²) >= 11 is 0.970. The van der Waals surface area contributed by atoms with Crippen molar-refractivity contribution in [3.8, 4) is 0 Å². The highest BCUT2D eigenvalue weighted by Crippen LogP contribution is 2.32. The first-order valence-electron chi connectivity index (χ1n) is 6.98. The van der Waals surface area contributed by atoms with Crippen LogP contribution in [0.25, 0.3) is 0 Å². The lowest BCUT2D eigenvalue weighted by Crippen LogP contribution is -2.20. The Balaban J connectivity index is 3.02. The van der Waals surface area contributed by atoms with E-state index < -0.39 is 28.8 Å². The van der Waals surface area contributed by atoms with Crippen LogP contribution < -0.4 is 5.32 Å². The molecule has 0 aliphatic heterocycles. The van der Waals surface area contributed by atoms with Crippen LogP contribution in [0.1, 0.15) is 33.6 Å². The highest BCUT2D eigenvalue weighted by molar-refractivity contribution is 8.00. The average molecular weight is 331 g/mol. The molecule has 0 aromatic heterocycles. The van der Waals surface area contributed by atoms with Crippen LogP contribution >= 0.6 is 11.8 Å². The van der Waals surface area contributed by atoms with Gasteiger partial charge in [0.2, 0.25) is 5.91 Å². The van der Waals surface area contributed by atoms with Gasteiger partial charge < -0.3 is 10.1 Å². The van der Waals surface area contributed by atoms with E-state index in [0.29, 0.717) is 12.5 Å². The van der Waals surface area contributed by atoms with Crippen molar-refractivity contribution in [3.63, 3.8) is 0 Å². The molecule has 0 radical (unpaired) electrons. The molecule has 1 atom stereocenters. The van der Waals surface area contributed by atoms with Gasteiger partial charge in [0.25, 0.3) is 0 Å². The Morgan fingerprint density at radius 2 is 1.95 bits per heavy atom. The maximum absolute atomic E-state index is 13.9. The van der Waals surface area contributed by atoms with E-state index in [0.717, 1.165) is 18.2 Å². The molecule has 122 valence electrons. The van der Waals surface area contributed by atoms with E-state index in [1.807, 2.05) is 6.92 Å². The fraction of sp³-hybridized carbons (Fsp3) is 0.467. The molecule has 4 nitrogen and oxygen atoms in total. The number of anilines is 1. The van der Waals surface area contributed by atoms with Gasteiger partial charge in [-0.2, -0.15) is 0 Å². The summed E-state index contributed by atoms with van der Waals surface area (Å²) in [5, 5.41) is 1.72. The van der Waals surface area contributed by atoms with E-state index in [4.69, 9.17) is 4.74 Å². The Morgan fingerprint density at radius 3 is 2.50 bits per heavy atom. The zero-order valence-electron chi connectivity index (χ0n) is 12.7. The molecule has 7 heteroatoms. The number of thioether (sulfide) groups is 1. The Labute approximate surface area is 132 Å². The van der Waals surface area contributed by atoms with Gasteiger partial charge in [-0.1, -0.05) is 13.3 Å². The lowest BCUT2D eigenvalue weighted by molar-refractivity contribution is -0.142. The van der Waals surface area contributed by atoms with Crippen molar-refractivity contribution in [3.05, 3.63) is 23.8 Å². The molecule has 22 heavy (non-hydrogen) atoms. The van der Waals surface area contributed by atoms with Gasteiger partial charge in [-0.15, -0.1) is 11.8 Å². The van der Waals surface area contributed by atoms with Crippen molar-refractivity contribution >= 4 is 29.3 Å².